The topological polar surface area (TPSA) is 20.3 Å². The Morgan fingerprint density at radius 1 is 1.18 bits per heavy atom. The van der Waals surface area contributed by atoms with E-state index >= 15 is 0 Å². The Balaban J connectivity index is 2.48. The third kappa shape index (κ3) is 5.03. The second-order valence-electron chi connectivity index (χ2n) is 5.11. The predicted octanol–water partition coefficient (Wildman–Crippen LogP) is 2.91. The van der Waals surface area contributed by atoms with E-state index in [2.05, 4.69) is 38.1 Å². The molecule has 0 fully saturated rings. The van der Waals surface area contributed by atoms with Gasteiger partial charge in [0.25, 0.3) is 0 Å². The van der Waals surface area contributed by atoms with Crippen molar-refractivity contribution in [2.24, 2.45) is 5.92 Å². The zero-order chi connectivity index (χ0) is 12.8. The van der Waals surface area contributed by atoms with Gasteiger partial charge in [-0.1, -0.05) is 38.1 Å². The van der Waals surface area contributed by atoms with Crippen molar-refractivity contribution >= 4 is 5.91 Å². The van der Waals surface area contributed by atoms with Gasteiger partial charge in [0.15, 0.2) is 0 Å². The SMILES string of the molecule is CC(=O)N(C)CCc1ccc(CC(C)C)cc1. The molecule has 94 valence electrons. The standard InChI is InChI=1S/C15H23NO/c1-12(2)11-15-7-5-14(6-8-15)9-10-16(4)13(3)17/h5-8,12H,9-11H2,1-4H3. The van der Waals surface area contributed by atoms with E-state index in [-0.39, 0.29) is 5.91 Å². The number of amides is 1. The smallest absolute Gasteiger partial charge is 0.219 e. The number of rotatable bonds is 5. The highest BCUT2D eigenvalue weighted by Gasteiger charge is 2.02. The largest absolute Gasteiger partial charge is 0.346 e. The first-order valence-electron chi connectivity index (χ1n) is 6.28. The van der Waals surface area contributed by atoms with E-state index in [0.717, 1.165) is 19.4 Å². The number of benzene rings is 1. The zero-order valence-electron chi connectivity index (χ0n) is 11.4. The Labute approximate surface area is 105 Å². The normalized spacial score (nSPS) is 10.6. The van der Waals surface area contributed by atoms with Gasteiger partial charge in [-0.25, -0.2) is 0 Å². The van der Waals surface area contributed by atoms with E-state index in [9.17, 15) is 4.79 Å². The summed E-state index contributed by atoms with van der Waals surface area (Å²) in [6.07, 6.45) is 2.06. The lowest BCUT2D eigenvalue weighted by Gasteiger charge is -2.14. The minimum Gasteiger partial charge on any atom is -0.346 e. The molecule has 1 aromatic carbocycles. The number of hydrogen-bond acceptors (Lipinski definition) is 1. The molecule has 0 unspecified atom stereocenters. The van der Waals surface area contributed by atoms with E-state index in [4.69, 9.17) is 0 Å². The molecule has 2 nitrogen and oxygen atoms in total. The van der Waals surface area contributed by atoms with Crippen LogP contribution in [-0.2, 0) is 17.6 Å². The summed E-state index contributed by atoms with van der Waals surface area (Å²) in [7, 11) is 1.84. The van der Waals surface area contributed by atoms with Gasteiger partial charge in [-0.15, -0.1) is 0 Å². The summed E-state index contributed by atoms with van der Waals surface area (Å²) < 4.78 is 0. The summed E-state index contributed by atoms with van der Waals surface area (Å²) >= 11 is 0. The van der Waals surface area contributed by atoms with Crippen molar-refractivity contribution in [3.8, 4) is 0 Å². The van der Waals surface area contributed by atoms with Gasteiger partial charge in [0.05, 0.1) is 0 Å². The summed E-state index contributed by atoms with van der Waals surface area (Å²) in [4.78, 5) is 12.8. The van der Waals surface area contributed by atoms with Crippen LogP contribution < -0.4 is 0 Å². The van der Waals surface area contributed by atoms with Crippen LogP contribution in [0.1, 0.15) is 31.9 Å². The summed E-state index contributed by atoms with van der Waals surface area (Å²) in [6.45, 7) is 6.86. The van der Waals surface area contributed by atoms with Crippen molar-refractivity contribution in [3.05, 3.63) is 35.4 Å². The Kier molecular flexibility index (Phi) is 5.20. The second-order valence-corrected chi connectivity index (χ2v) is 5.11. The van der Waals surface area contributed by atoms with Crippen LogP contribution in [0.25, 0.3) is 0 Å². The average Bonchev–Trinajstić information content (AvgIpc) is 2.26. The minimum absolute atomic E-state index is 0.126. The molecule has 0 saturated heterocycles. The maximum absolute atomic E-state index is 11.1. The molecule has 0 aliphatic carbocycles. The van der Waals surface area contributed by atoms with Crippen molar-refractivity contribution in [2.45, 2.75) is 33.6 Å². The Morgan fingerprint density at radius 2 is 1.71 bits per heavy atom. The number of carbonyl (C=O) groups is 1. The lowest BCUT2D eigenvalue weighted by Crippen LogP contribution is -2.26. The van der Waals surface area contributed by atoms with Crippen LogP contribution in [0, 0.1) is 5.92 Å². The van der Waals surface area contributed by atoms with Crippen LogP contribution in [0.5, 0.6) is 0 Å². The first-order chi connectivity index (χ1) is 7.99. The van der Waals surface area contributed by atoms with Crippen molar-refractivity contribution in [1.29, 1.82) is 0 Å². The van der Waals surface area contributed by atoms with E-state index < -0.39 is 0 Å². The molecule has 1 rings (SSSR count). The Hall–Kier alpha value is -1.31. The molecule has 0 aromatic heterocycles. The molecular formula is C15H23NO. The Bertz CT molecular complexity index is 354. The molecule has 0 atom stereocenters. The van der Waals surface area contributed by atoms with Crippen molar-refractivity contribution < 1.29 is 4.79 Å². The first kappa shape index (κ1) is 13.8. The molecule has 0 N–H and O–H groups in total. The van der Waals surface area contributed by atoms with E-state index in [1.807, 2.05) is 7.05 Å². The fraction of sp³-hybridized carbons (Fsp3) is 0.533. The molecular weight excluding hydrogens is 210 g/mol. The van der Waals surface area contributed by atoms with Gasteiger partial charge in [0.2, 0.25) is 5.91 Å². The van der Waals surface area contributed by atoms with Crippen molar-refractivity contribution in [1.82, 2.24) is 4.90 Å². The fourth-order valence-electron chi connectivity index (χ4n) is 1.77. The van der Waals surface area contributed by atoms with Gasteiger partial charge >= 0.3 is 0 Å². The quantitative estimate of drug-likeness (QED) is 0.765. The van der Waals surface area contributed by atoms with Crippen LogP contribution >= 0.6 is 0 Å². The molecule has 0 radical (unpaired) electrons. The third-order valence-corrected chi connectivity index (χ3v) is 2.94. The maximum atomic E-state index is 11.1. The highest BCUT2D eigenvalue weighted by Crippen LogP contribution is 2.10. The molecule has 0 bridgehead atoms. The van der Waals surface area contributed by atoms with Gasteiger partial charge < -0.3 is 4.90 Å². The van der Waals surface area contributed by atoms with Crippen LogP contribution in [0.2, 0.25) is 0 Å². The van der Waals surface area contributed by atoms with Gasteiger partial charge in [-0.2, -0.15) is 0 Å². The maximum Gasteiger partial charge on any atom is 0.219 e. The van der Waals surface area contributed by atoms with Gasteiger partial charge in [0.1, 0.15) is 0 Å². The molecule has 17 heavy (non-hydrogen) atoms. The van der Waals surface area contributed by atoms with E-state index in [1.165, 1.54) is 11.1 Å². The second kappa shape index (κ2) is 6.43. The predicted molar refractivity (Wildman–Crippen MR) is 72.0 cm³/mol. The van der Waals surface area contributed by atoms with Gasteiger partial charge in [-0.05, 0) is 29.9 Å². The number of hydrogen-bond donors (Lipinski definition) is 0. The number of carbonyl (C=O) groups excluding carboxylic acids is 1. The summed E-state index contributed by atoms with van der Waals surface area (Å²) in [5.74, 6) is 0.825. The van der Waals surface area contributed by atoms with Crippen LogP contribution in [0.4, 0.5) is 0 Å². The minimum atomic E-state index is 0.126. The molecule has 0 aliphatic rings. The number of likely N-dealkylation sites (N-methyl/N-ethyl adjacent to an activating group) is 1. The first-order valence-corrected chi connectivity index (χ1v) is 6.28. The molecule has 0 heterocycles. The lowest BCUT2D eigenvalue weighted by molar-refractivity contribution is -0.127. The van der Waals surface area contributed by atoms with Crippen LogP contribution in [0.3, 0.4) is 0 Å². The molecule has 2 heteroatoms. The molecule has 0 aliphatic heterocycles. The van der Waals surface area contributed by atoms with Crippen LogP contribution in [0.15, 0.2) is 24.3 Å². The monoisotopic (exact) mass is 233 g/mol. The highest BCUT2D eigenvalue weighted by atomic mass is 16.2. The molecule has 0 saturated carbocycles. The molecule has 1 amide bonds. The van der Waals surface area contributed by atoms with E-state index in [1.54, 1.807) is 11.8 Å². The average molecular weight is 233 g/mol. The summed E-state index contributed by atoms with van der Waals surface area (Å²) in [5.41, 5.74) is 2.69. The van der Waals surface area contributed by atoms with Crippen molar-refractivity contribution in [2.75, 3.05) is 13.6 Å². The highest BCUT2D eigenvalue weighted by molar-refractivity contribution is 5.72. The molecule has 0 spiro atoms. The molecule has 1 aromatic rings. The fourth-order valence-corrected chi connectivity index (χ4v) is 1.77. The summed E-state index contributed by atoms with van der Waals surface area (Å²) in [6, 6.07) is 8.74. The van der Waals surface area contributed by atoms with Gasteiger partial charge in [0, 0.05) is 20.5 Å². The zero-order valence-corrected chi connectivity index (χ0v) is 11.4. The lowest BCUT2D eigenvalue weighted by atomic mass is 10.0. The van der Waals surface area contributed by atoms with Crippen LogP contribution in [-0.4, -0.2) is 24.4 Å². The van der Waals surface area contributed by atoms with E-state index in [0.29, 0.717) is 5.92 Å². The van der Waals surface area contributed by atoms with Gasteiger partial charge in [-0.3, -0.25) is 4.79 Å². The Morgan fingerprint density at radius 3 is 2.18 bits per heavy atom. The third-order valence-electron chi connectivity index (χ3n) is 2.94. The number of nitrogens with zero attached hydrogens (tertiary/aromatic N) is 1. The summed E-state index contributed by atoms with van der Waals surface area (Å²) in [5, 5.41) is 0. The van der Waals surface area contributed by atoms with Crippen molar-refractivity contribution in [3.63, 3.8) is 0 Å².